The molecule has 0 amide bonds. The Hall–Kier alpha value is -1.04. The summed E-state index contributed by atoms with van der Waals surface area (Å²) in [5.74, 6) is 0.699. The second-order valence-corrected chi connectivity index (χ2v) is 4.22. The number of alkyl halides is 3. The zero-order chi connectivity index (χ0) is 12.9. The summed E-state index contributed by atoms with van der Waals surface area (Å²) in [5, 5.41) is 6.82. The third-order valence-corrected chi connectivity index (χ3v) is 2.40. The summed E-state index contributed by atoms with van der Waals surface area (Å²) in [6.07, 6.45) is -4.14. The number of aromatic nitrogens is 1. The molecular formula is C11H17F3N2O. The average Bonchev–Trinajstić information content (AvgIpc) is 2.59. The summed E-state index contributed by atoms with van der Waals surface area (Å²) in [6.45, 7) is 4.17. The fourth-order valence-electron chi connectivity index (χ4n) is 1.49. The second kappa shape index (κ2) is 6.05. The van der Waals surface area contributed by atoms with E-state index < -0.39 is 12.6 Å². The lowest BCUT2D eigenvalue weighted by atomic mass is 10.1. The lowest BCUT2D eigenvalue weighted by Gasteiger charge is -2.13. The zero-order valence-electron chi connectivity index (χ0n) is 9.97. The Bertz CT molecular complexity index is 336. The Morgan fingerprint density at radius 3 is 2.71 bits per heavy atom. The molecule has 1 atom stereocenters. The van der Waals surface area contributed by atoms with Crippen LogP contribution in [0.15, 0.2) is 10.6 Å². The molecule has 98 valence electrons. The maximum absolute atomic E-state index is 11.9. The number of halogens is 3. The van der Waals surface area contributed by atoms with Crippen molar-refractivity contribution < 1.29 is 17.7 Å². The average molecular weight is 250 g/mol. The van der Waals surface area contributed by atoms with Gasteiger partial charge in [0, 0.05) is 18.5 Å². The van der Waals surface area contributed by atoms with E-state index in [-0.39, 0.29) is 12.5 Å². The van der Waals surface area contributed by atoms with Gasteiger partial charge in [0.1, 0.15) is 0 Å². The second-order valence-electron chi connectivity index (χ2n) is 4.22. The molecule has 1 aromatic rings. The molecule has 0 saturated heterocycles. The molecule has 6 heteroatoms. The van der Waals surface area contributed by atoms with E-state index in [1.54, 1.807) is 6.07 Å². The van der Waals surface area contributed by atoms with Crippen molar-refractivity contribution in [2.24, 2.45) is 0 Å². The Balaban J connectivity index is 2.15. The number of nitrogens with one attached hydrogen (secondary N) is 1. The topological polar surface area (TPSA) is 38.1 Å². The largest absolute Gasteiger partial charge is 0.389 e. The number of nitrogens with zero attached hydrogens (tertiary/aromatic N) is 1. The van der Waals surface area contributed by atoms with E-state index in [9.17, 15) is 13.2 Å². The fraction of sp³-hybridized carbons (Fsp3) is 0.727. The predicted molar refractivity (Wildman–Crippen MR) is 57.4 cm³/mol. The van der Waals surface area contributed by atoms with Crippen LogP contribution in [0, 0.1) is 6.92 Å². The third kappa shape index (κ3) is 6.31. The van der Waals surface area contributed by atoms with Gasteiger partial charge in [0.15, 0.2) is 5.76 Å². The van der Waals surface area contributed by atoms with Gasteiger partial charge in [-0.2, -0.15) is 13.2 Å². The molecule has 1 heterocycles. The molecule has 17 heavy (non-hydrogen) atoms. The van der Waals surface area contributed by atoms with E-state index in [0.717, 1.165) is 5.69 Å². The first-order valence-electron chi connectivity index (χ1n) is 5.59. The number of aryl methyl sites for hydroxylation is 1. The molecule has 0 bridgehead atoms. The Kier molecular flexibility index (Phi) is 4.99. The highest BCUT2D eigenvalue weighted by Gasteiger charge is 2.26. The number of rotatable bonds is 6. The summed E-state index contributed by atoms with van der Waals surface area (Å²) in [5.41, 5.74) is 0.798. The molecule has 3 nitrogen and oxygen atoms in total. The Morgan fingerprint density at radius 1 is 1.47 bits per heavy atom. The predicted octanol–water partition coefficient (Wildman–Crippen LogP) is 3.19. The molecule has 0 spiro atoms. The highest BCUT2D eigenvalue weighted by molar-refractivity contribution is 5.02. The lowest BCUT2D eigenvalue weighted by Crippen LogP contribution is -2.25. The van der Waals surface area contributed by atoms with Crippen molar-refractivity contribution in [2.75, 3.05) is 0 Å². The molecule has 1 aromatic heterocycles. The summed E-state index contributed by atoms with van der Waals surface area (Å²) < 4.78 is 40.7. The maximum Gasteiger partial charge on any atom is 0.389 e. The van der Waals surface area contributed by atoms with Crippen molar-refractivity contribution in [2.45, 2.75) is 51.9 Å². The first-order chi connectivity index (χ1) is 7.87. The van der Waals surface area contributed by atoms with Gasteiger partial charge in [-0.25, -0.2) is 0 Å². The van der Waals surface area contributed by atoms with Crippen LogP contribution in [0.3, 0.4) is 0 Å². The summed E-state index contributed by atoms with van der Waals surface area (Å²) in [4.78, 5) is 0. The van der Waals surface area contributed by atoms with Crippen molar-refractivity contribution in [3.63, 3.8) is 0 Å². The van der Waals surface area contributed by atoms with E-state index in [2.05, 4.69) is 10.5 Å². The van der Waals surface area contributed by atoms with Crippen LogP contribution in [0.2, 0.25) is 0 Å². The number of hydrogen-bond donors (Lipinski definition) is 1. The van der Waals surface area contributed by atoms with Gasteiger partial charge in [0.2, 0.25) is 0 Å². The van der Waals surface area contributed by atoms with Crippen LogP contribution in [0.1, 0.15) is 37.6 Å². The third-order valence-electron chi connectivity index (χ3n) is 2.40. The van der Waals surface area contributed by atoms with Crippen molar-refractivity contribution >= 4 is 0 Å². The molecule has 1 unspecified atom stereocenters. The Morgan fingerprint density at radius 2 is 2.18 bits per heavy atom. The summed E-state index contributed by atoms with van der Waals surface area (Å²) in [7, 11) is 0. The van der Waals surface area contributed by atoms with Crippen LogP contribution in [-0.4, -0.2) is 17.4 Å². The molecule has 0 fully saturated rings. The van der Waals surface area contributed by atoms with Crippen LogP contribution in [0.4, 0.5) is 13.2 Å². The van der Waals surface area contributed by atoms with Crippen LogP contribution in [-0.2, 0) is 6.54 Å². The van der Waals surface area contributed by atoms with Gasteiger partial charge in [-0.05, 0) is 26.7 Å². The quantitative estimate of drug-likeness (QED) is 0.842. The van der Waals surface area contributed by atoms with Crippen molar-refractivity contribution in [1.82, 2.24) is 10.5 Å². The monoisotopic (exact) mass is 250 g/mol. The van der Waals surface area contributed by atoms with Gasteiger partial charge in [-0.1, -0.05) is 5.16 Å². The van der Waals surface area contributed by atoms with Crippen molar-refractivity contribution in [1.29, 1.82) is 0 Å². The summed E-state index contributed by atoms with van der Waals surface area (Å²) >= 11 is 0. The minimum absolute atomic E-state index is 0.0303. The molecule has 0 aliphatic heterocycles. The van der Waals surface area contributed by atoms with Crippen LogP contribution in [0.25, 0.3) is 0 Å². The van der Waals surface area contributed by atoms with E-state index in [4.69, 9.17) is 4.52 Å². The maximum atomic E-state index is 11.9. The molecule has 0 aliphatic carbocycles. The van der Waals surface area contributed by atoms with Crippen molar-refractivity contribution in [3.05, 3.63) is 17.5 Å². The molecule has 0 aliphatic rings. The van der Waals surface area contributed by atoms with Crippen molar-refractivity contribution in [3.8, 4) is 0 Å². The van der Waals surface area contributed by atoms with Gasteiger partial charge in [-0.15, -0.1) is 0 Å². The van der Waals surface area contributed by atoms with Gasteiger partial charge in [0.25, 0.3) is 0 Å². The molecular weight excluding hydrogens is 233 g/mol. The molecule has 1 N–H and O–H groups in total. The fourth-order valence-corrected chi connectivity index (χ4v) is 1.49. The van der Waals surface area contributed by atoms with Crippen LogP contribution in [0.5, 0.6) is 0 Å². The van der Waals surface area contributed by atoms with Crippen LogP contribution >= 0.6 is 0 Å². The number of hydrogen-bond acceptors (Lipinski definition) is 3. The van der Waals surface area contributed by atoms with E-state index in [1.807, 2.05) is 13.8 Å². The minimum atomic E-state index is -4.05. The van der Waals surface area contributed by atoms with E-state index >= 15 is 0 Å². The minimum Gasteiger partial charge on any atom is -0.360 e. The Labute approximate surface area is 98.4 Å². The zero-order valence-corrected chi connectivity index (χ0v) is 9.97. The highest BCUT2D eigenvalue weighted by Crippen LogP contribution is 2.22. The molecule has 0 saturated carbocycles. The van der Waals surface area contributed by atoms with E-state index in [1.165, 1.54) is 0 Å². The normalized spacial score (nSPS) is 13.9. The first kappa shape index (κ1) is 14.0. The summed E-state index contributed by atoms with van der Waals surface area (Å²) in [6, 6.07) is 1.83. The highest BCUT2D eigenvalue weighted by atomic mass is 19.4. The SMILES string of the molecule is Cc1cc(CNC(C)CCCC(F)(F)F)on1. The van der Waals surface area contributed by atoms with Crippen LogP contribution < -0.4 is 5.32 Å². The van der Waals surface area contributed by atoms with E-state index in [0.29, 0.717) is 18.7 Å². The molecule has 0 radical (unpaired) electrons. The van der Waals surface area contributed by atoms with Gasteiger partial charge >= 0.3 is 6.18 Å². The van der Waals surface area contributed by atoms with Gasteiger partial charge in [-0.3, -0.25) is 0 Å². The van der Waals surface area contributed by atoms with Gasteiger partial charge in [0.05, 0.1) is 12.2 Å². The first-order valence-corrected chi connectivity index (χ1v) is 5.59. The standard InChI is InChI=1S/C11H17F3N2O/c1-8(4-3-5-11(12,13)14)15-7-10-6-9(2)16-17-10/h6,8,15H,3-5,7H2,1-2H3. The lowest BCUT2D eigenvalue weighted by molar-refractivity contribution is -0.135. The molecule has 0 aromatic carbocycles. The van der Waals surface area contributed by atoms with Gasteiger partial charge < -0.3 is 9.84 Å². The smallest absolute Gasteiger partial charge is 0.360 e. The molecule has 1 rings (SSSR count).